The zero-order chi connectivity index (χ0) is 14.8. The molecule has 5 nitrogen and oxygen atoms in total. The van der Waals surface area contributed by atoms with Crippen molar-refractivity contribution in [1.29, 1.82) is 0 Å². The third-order valence-corrected chi connectivity index (χ3v) is 4.64. The Labute approximate surface area is 120 Å². The fourth-order valence-corrected chi connectivity index (χ4v) is 3.49. The normalized spacial score (nSPS) is 22.6. The van der Waals surface area contributed by atoms with Crippen molar-refractivity contribution in [2.45, 2.75) is 64.3 Å². The van der Waals surface area contributed by atoms with Crippen LogP contribution in [0.25, 0.3) is 0 Å². The number of carbonyl (C=O) groups excluding carboxylic acids is 1. The molecule has 0 aromatic heterocycles. The number of carbonyl (C=O) groups is 2. The molecule has 114 valence electrons. The Morgan fingerprint density at radius 3 is 2.20 bits per heavy atom. The summed E-state index contributed by atoms with van der Waals surface area (Å²) in [6, 6.07) is -0.333. The van der Waals surface area contributed by atoms with E-state index in [4.69, 9.17) is 5.11 Å². The van der Waals surface area contributed by atoms with E-state index in [1.165, 1.54) is 12.8 Å². The Morgan fingerprint density at radius 1 is 1.15 bits per heavy atom. The van der Waals surface area contributed by atoms with Crippen molar-refractivity contribution >= 4 is 12.0 Å². The minimum absolute atomic E-state index is 0.214. The average Bonchev–Trinajstić information content (AvgIpc) is 2.99. The second-order valence-corrected chi connectivity index (χ2v) is 7.00. The summed E-state index contributed by atoms with van der Waals surface area (Å²) in [5.41, 5.74) is -0.781. The minimum Gasteiger partial charge on any atom is -0.480 e. The number of rotatable bonds is 6. The lowest BCUT2D eigenvalue weighted by molar-refractivity contribution is -0.140. The van der Waals surface area contributed by atoms with E-state index in [0.29, 0.717) is 25.3 Å². The second kappa shape index (κ2) is 5.62. The number of aliphatic carboxylic acids is 1. The predicted octanol–water partition coefficient (Wildman–Crippen LogP) is 2.51. The summed E-state index contributed by atoms with van der Waals surface area (Å²) in [5, 5.41) is 14.6. The van der Waals surface area contributed by atoms with Crippen molar-refractivity contribution in [3.05, 3.63) is 0 Å². The van der Waals surface area contributed by atoms with E-state index in [9.17, 15) is 9.59 Å². The molecule has 0 unspecified atom stereocenters. The lowest BCUT2D eigenvalue weighted by Crippen LogP contribution is -2.50. The highest BCUT2D eigenvalue weighted by Gasteiger charge is 2.51. The molecule has 0 aromatic rings. The molecule has 0 aliphatic heterocycles. The Morgan fingerprint density at radius 2 is 1.75 bits per heavy atom. The van der Waals surface area contributed by atoms with E-state index >= 15 is 0 Å². The first-order valence-corrected chi connectivity index (χ1v) is 7.67. The van der Waals surface area contributed by atoms with Crippen LogP contribution < -0.4 is 10.6 Å². The Kier molecular flexibility index (Phi) is 4.25. The summed E-state index contributed by atoms with van der Waals surface area (Å²) in [6.45, 7) is 5.08. The maximum Gasteiger partial charge on any atom is 0.329 e. The third kappa shape index (κ3) is 3.44. The van der Waals surface area contributed by atoms with Crippen molar-refractivity contribution in [2.75, 3.05) is 6.54 Å². The molecule has 3 N–H and O–H groups in total. The number of nitrogens with one attached hydrogen (secondary N) is 2. The van der Waals surface area contributed by atoms with Crippen molar-refractivity contribution < 1.29 is 14.7 Å². The van der Waals surface area contributed by atoms with Gasteiger partial charge < -0.3 is 15.7 Å². The van der Waals surface area contributed by atoms with E-state index < -0.39 is 11.5 Å². The van der Waals surface area contributed by atoms with Crippen LogP contribution in [0.1, 0.15) is 58.8 Å². The van der Waals surface area contributed by atoms with Crippen LogP contribution in [0.4, 0.5) is 4.79 Å². The second-order valence-electron chi connectivity index (χ2n) is 7.00. The molecular formula is C15H26N2O3. The first-order chi connectivity index (χ1) is 9.38. The molecular weight excluding hydrogens is 256 g/mol. The molecule has 0 bridgehead atoms. The first-order valence-electron chi connectivity index (χ1n) is 7.67. The van der Waals surface area contributed by atoms with Crippen molar-refractivity contribution in [3.63, 3.8) is 0 Å². The molecule has 20 heavy (non-hydrogen) atoms. The summed E-state index contributed by atoms with van der Waals surface area (Å²) in [4.78, 5) is 22.9. The van der Waals surface area contributed by atoms with Crippen molar-refractivity contribution in [2.24, 2.45) is 11.3 Å². The molecule has 0 spiro atoms. The highest BCUT2D eigenvalue weighted by Crippen LogP contribution is 2.42. The van der Waals surface area contributed by atoms with Gasteiger partial charge in [-0.15, -0.1) is 0 Å². The van der Waals surface area contributed by atoms with Crippen LogP contribution in [0.3, 0.4) is 0 Å². The monoisotopic (exact) mass is 282 g/mol. The molecule has 2 aliphatic rings. The molecule has 2 amide bonds. The lowest BCUT2D eigenvalue weighted by Gasteiger charge is -2.31. The summed E-state index contributed by atoms with van der Waals surface area (Å²) >= 11 is 0. The SMILES string of the molecule is CC(C)CC1(CNC(=O)NC2(C(=O)O)CC2)CCCC1. The third-order valence-electron chi connectivity index (χ3n) is 4.64. The van der Waals surface area contributed by atoms with Gasteiger partial charge in [0, 0.05) is 6.54 Å². The fourth-order valence-electron chi connectivity index (χ4n) is 3.49. The molecule has 2 aliphatic carbocycles. The van der Waals surface area contributed by atoms with E-state index in [0.717, 1.165) is 19.3 Å². The Balaban J connectivity index is 1.83. The summed E-state index contributed by atoms with van der Waals surface area (Å²) < 4.78 is 0. The average molecular weight is 282 g/mol. The Bertz CT molecular complexity index is 383. The highest BCUT2D eigenvalue weighted by atomic mass is 16.4. The van der Waals surface area contributed by atoms with E-state index in [-0.39, 0.29) is 11.4 Å². The molecule has 0 saturated heterocycles. The van der Waals surface area contributed by atoms with Gasteiger partial charge in [-0.2, -0.15) is 0 Å². The number of carboxylic acids is 1. The molecule has 0 aromatic carbocycles. The van der Waals surface area contributed by atoms with Gasteiger partial charge in [0.2, 0.25) is 0 Å². The maximum absolute atomic E-state index is 11.9. The van der Waals surface area contributed by atoms with Gasteiger partial charge in [0.25, 0.3) is 0 Å². The number of hydrogen-bond acceptors (Lipinski definition) is 2. The fraction of sp³-hybridized carbons (Fsp3) is 0.867. The number of hydrogen-bond donors (Lipinski definition) is 3. The van der Waals surface area contributed by atoms with Gasteiger partial charge in [-0.3, -0.25) is 0 Å². The van der Waals surface area contributed by atoms with Crippen molar-refractivity contribution in [1.82, 2.24) is 10.6 Å². The zero-order valence-corrected chi connectivity index (χ0v) is 12.5. The minimum atomic E-state index is -0.995. The summed E-state index contributed by atoms with van der Waals surface area (Å²) in [7, 11) is 0. The van der Waals surface area contributed by atoms with Crippen LogP contribution in [0.2, 0.25) is 0 Å². The number of urea groups is 1. The highest BCUT2D eigenvalue weighted by molar-refractivity contribution is 5.88. The van der Waals surface area contributed by atoms with Crippen LogP contribution in [0.15, 0.2) is 0 Å². The molecule has 0 heterocycles. The van der Waals surface area contributed by atoms with Gasteiger partial charge in [0.05, 0.1) is 0 Å². The smallest absolute Gasteiger partial charge is 0.329 e. The van der Waals surface area contributed by atoms with E-state index in [2.05, 4.69) is 24.5 Å². The lowest BCUT2D eigenvalue weighted by atomic mass is 9.78. The topological polar surface area (TPSA) is 78.4 Å². The van der Waals surface area contributed by atoms with Crippen LogP contribution in [0, 0.1) is 11.3 Å². The van der Waals surface area contributed by atoms with E-state index in [1.807, 2.05) is 0 Å². The number of carboxylic acid groups (broad SMARTS) is 1. The molecule has 2 rings (SSSR count). The largest absolute Gasteiger partial charge is 0.480 e. The predicted molar refractivity (Wildman–Crippen MR) is 76.5 cm³/mol. The summed E-state index contributed by atoms with van der Waals surface area (Å²) in [6.07, 6.45) is 6.98. The zero-order valence-electron chi connectivity index (χ0n) is 12.5. The van der Waals surface area contributed by atoms with Crippen LogP contribution in [0.5, 0.6) is 0 Å². The maximum atomic E-state index is 11.9. The standard InChI is InChI=1S/C15H26N2O3/c1-11(2)9-14(5-3-4-6-14)10-16-13(20)17-15(7-8-15)12(18)19/h11H,3-10H2,1-2H3,(H,18,19)(H2,16,17,20). The summed E-state index contributed by atoms with van der Waals surface area (Å²) in [5.74, 6) is -0.308. The van der Waals surface area contributed by atoms with Gasteiger partial charge in [-0.1, -0.05) is 26.7 Å². The van der Waals surface area contributed by atoms with Gasteiger partial charge >= 0.3 is 12.0 Å². The van der Waals surface area contributed by atoms with E-state index in [1.54, 1.807) is 0 Å². The molecule has 5 heteroatoms. The van der Waals surface area contributed by atoms with Gasteiger partial charge in [-0.05, 0) is 43.4 Å². The van der Waals surface area contributed by atoms with Gasteiger partial charge in [0.1, 0.15) is 5.54 Å². The first kappa shape index (κ1) is 15.1. The van der Waals surface area contributed by atoms with Crippen LogP contribution in [-0.4, -0.2) is 29.2 Å². The molecule has 2 saturated carbocycles. The van der Waals surface area contributed by atoms with Gasteiger partial charge in [0.15, 0.2) is 0 Å². The van der Waals surface area contributed by atoms with Gasteiger partial charge in [-0.25, -0.2) is 9.59 Å². The van der Waals surface area contributed by atoms with Crippen molar-refractivity contribution in [3.8, 4) is 0 Å². The molecule has 2 fully saturated rings. The van der Waals surface area contributed by atoms with Crippen LogP contribution >= 0.6 is 0 Å². The quantitative estimate of drug-likeness (QED) is 0.700. The molecule has 0 atom stereocenters. The van der Waals surface area contributed by atoms with Crippen LogP contribution in [-0.2, 0) is 4.79 Å². The Hall–Kier alpha value is -1.26. The molecule has 0 radical (unpaired) electrons. The number of amides is 2.